The summed E-state index contributed by atoms with van der Waals surface area (Å²) in [5.74, 6) is 1.39. The minimum absolute atomic E-state index is 0.489. The maximum atomic E-state index is 5.63. The Morgan fingerprint density at radius 3 is 2.33 bits per heavy atom. The molecule has 1 unspecified atom stereocenters. The van der Waals surface area contributed by atoms with E-state index in [1.807, 2.05) is 0 Å². The van der Waals surface area contributed by atoms with E-state index in [4.69, 9.17) is 4.74 Å². The molecular formula is C19H31NO. The van der Waals surface area contributed by atoms with Crippen LogP contribution < -0.4 is 5.32 Å². The van der Waals surface area contributed by atoms with E-state index in [1.165, 1.54) is 31.2 Å². The van der Waals surface area contributed by atoms with Crippen molar-refractivity contribution in [3.8, 4) is 0 Å². The summed E-state index contributed by atoms with van der Waals surface area (Å²) < 4.78 is 5.63. The van der Waals surface area contributed by atoms with Crippen molar-refractivity contribution in [1.29, 1.82) is 0 Å². The van der Waals surface area contributed by atoms with Crippen LogP contribution in [0.3, 0.4) is 0 Å². The average Bonchev–Trinajstić information content (AvgIpc) is 2.52. The Labute approximate surface area is 130 Å². The zero-order valence-corrected chi connectivity index (χ0v) is 13.8. The molecule has 0 radical (unpaired) electrons. The third-order valence-corrected chi connectivity index (χ3v) is 4.75. The van der Waals surface area contributed by atoms with Crippen LogP contribution in [0.4, 0.5) is 0 Å². The second-order valence-electron chi connectivity index (χ2n) is 6.64. The van der Waals surface area contributed by atoms with Gasteiger partial charge in [0.25, 0.3) is 0 Å². The molecule has 0 spiro atoms. The van der Waals surface area contributed by atoms with Gasteiger partial charge in [-0.15, -0.1) is 0 Å². The van der Waals surface area contributed by atoms with Crippen molar-refractivity contribution in [3.05, 3.63) is 35.9 Å². The first-order chi connectivity index (χ1) is 10.2. The van der Waals surface area contributed by atoms with E-state index >= 15 is 0 Å². The van der Waals surface area contributed by atoms with Gasteiger partial charge in [0, 0.05) is 18.7 Å². The Kier molecular flexibility index (Phi) is 6.72. The summed E-state index contributed by atoms with van der Waals surface area (Å²) in [5, 5.41) is 3.84. The highest BCUT2D eigenvalue weighted by Gasteiger charge is 2.25. The SMILES string of the molecule is CCOCC(NC1CCC(c2ccccc2)CC1)C(C)C. The van der Waals surface area contributed by atoms with Gasteiger partial charge in [-0.25, -0.2) is 0 Å². The number of hydrogen-bond acceptors (Lipinski definition) is 2. The molecule has 2 heteroatoms. The topological polar surface area (TPSA) is 21.3 Å². The van der Waals surface area contributed by atoms with Crippen LogP contribution in [0.25, 0.3) is 0 Å². The molecule has 0 bridgehead atoms. The number of rotatable bonds is 7. The lowest BCUT2D eigenvalue weighted by atomic mass is 9.81. The largest absolute Gasteiger partial charge is 0.380 e. The van der Waals surface area contributed by atoms with Gasteiger partial charge >= 0.3 is 0 Å². The first kappa shape index (κ1) is 16.5. The third kappa shape index (κ3) is 5.12. The van der Waals surface area contributed by atoms with Gasteiger partial charge in [-0.05, 0) is 50.0 Å². The summed E-state index contributed by atoms with van der Waals surface area (Å²) in [4.78, 5) is 0. The summed E-state index contributed by atoms with van der Waals surface area (Å²) in [7, 11) is 0. The highest BCUT2D eigenvalue weighted by molar-refractivity contribution is 5.20. The molecule has 1 saturated carbocycles. The van der Waals surface area contributed by atoms with Crippen LogP contribution in [0.5, 0.6) is 0 Å². The van der Waals surface area contributed by atoms with E-state index in [0.29, 0.717) is 18.0 Å². The number of nitrogens with one attached hydrogen (secondary N) is 1. The van der Waals surface area contributed by atoms with E-state index in [2.05, 4.69) is 56.4 Å². The van der Waals surface area contributed by atoms with Crippen LogP contribution in [-0.4, -0.2) is 25.3 Å². The quantitative estimate of drug-likeness (QED) is 0.805. The molecule has 1 aliphatic rings. The van der Waals surface area contributed by atoms with Gasteiger partial charge in [0.15, 0.2) is 0 Å². The molecule has 21 heavy (non-hydrogen) atoms. The zero-order valence-electron chi connectivity index (χ0n) is 13.8. The predicted molar refractivity (Wildman–Crippen MR) is 89.7 cm³/mol. The lowest BCUT2D eigenvalue weighted by Crippen LogP contribution is -2.45. The Bertz CT molecular complexity index is 382. The minimum Gasteiger partial charge on any atom is -0.380 e. The zero-order chi connectivity index (χ0) is 15.1. The maximum Gasteiger partial charge on any atom is 0.0622 e. The van der Waals surface area contributed by atoms with Gasteiger partial charge in [-0.1, -0.05) is 44.2 Å². The Morgan fingerprint density at radius 1 is 1.10 bits per heavy atom. The van der Waals surface area contributed by atoms with Crippen molar-refractivity contribution in [1.82, 2.24) is 5.32 Å². The first-order valence-electron chi connectivity index (χ1n) is 8.59. The molecule has 2 nitrogen and oxygen atoms in total. The Balaban J connectivity index is 1.80. The highest BCUT2D eigenvalue weighted by Crippen LogP contribution is 2.33. The van der Waals surface area contributed by atoms with Crippen LogP contribution in [0, 0.1) is 5.92 Å². The molecule has 1 aromatic carbocycles. The van der Waals surface area contributed by atoms with Crippen LogP contribution in [0.1, 0.15) is 57.9 Å². The van der Waals surface area contributed by atoms with Crippen LogP contribution >= 0.6 is 0 Å². The molecule has 1 fully saturated rings. The molecule has 118 valence electrons. The van der Waals surface area contributed by atoms with E-state index in [0.717, 1.165) is 19.1 Å². The van der Waals surface area contributed by atoms with Crippen molar-refractivity contribution < 1.29 is 4.74 Å². The number of hydrogen-bond donors (Lipinski definition) is 1. The molecule has 2 rings (SSSR count). The van der Waals surface area contributed by atoms with Gasteiger partial charge in [0.2, 0.25) is 0 Å². The predicted octanol–water partition coefficient (Wildman–Crippen LogP) is 4.36. The fourth-order valence-electron chi connectivity index (χ4n) is 3.30. The highest BCUT2D eigenvalue weighted by atomic mass is 16.5. The minimum atomic E-state index is 0.489. The fourth-order valence-corrected chi connectivity index (χ4v) is 3.30. The van der Waals surface area contributed by atoms with Crippen molar-refractivity contribution in [2.45, 2.75) is 64.5 Å². The molecule has 0 saturated heterocycles. The smallest absolute Gasteiger partial charge is 0.0622 e. The lowest BCUT2D eigenvalue weighted by Gasteiger charge is -2.33. The van der Waals surface area contributed by atoms with Gasteiger partial charge in [0.05, 0.1) is 6.61 Å². The first-order valence-corrected chi connectivity index (χ1v) is 8.59. The standard InChI is InChI=1S/C19H31NO/c1-4-21-14-19(15(2)3)20-18-12-10-17(11-13-18)16-8-6-5-7-9-16/h5-9,15,17-20H,4,10-14H2,1-3H3. The molecule has 1 aromatic rings. The molecule has 1 aliphatic carbocycles. The molecule has 0 amide bonds. The van der Waals surface area contributed by atoms with E-state index in [1.54, 1.807) is 0 Å². The molecule has 0 aliphatic heterocycles. The molecule has 0 heterocycles. The fraction of sp³-hybridized carbons (Fsp3) is 0.684. The van der Waals surface area contributed by atoms with Crippen molar-refractivity contribution in [2.24, 2.45) is 5.92 Å². The van der Waals surface area contributed by atoms with Gasteiger partial charge in [-0.3, -0.25) is 0 Å². The van der Waals surface area contributed by atoms with E-state index in [9.17, 15) is 0 Å². The molecule has 1 atom stereocenters. The number of benzene rings is 1. The van der Waals surface area contributed by atoms with E-state index in [-0.39, 0.29) is 0 Å². The van der Waals surface area contributed by atoms with Crippen molar-refractivity contribution in [3.63, 3.8) is 0 Å². The Hall–Kier alpha value is -0.860. The van der Waals surface area contributed by atoms with Gasteiger partial charge in [-0.2, -0.15) is 0 Å². The molecule has 0 aromatic heterocycles. The number of ether oxygens (including phenoxy) is 1. The van der Waals surface area contributed by atoms with Crippen molar-refractivity contribution >= 4 is 0 Å². The van der Waals surface area contributed by atoms with Crippen LogP contribution in [-0.2, 0) is 4.74 Å². The summed E-state index contributed by atoms with van der Waals surface area (Å²) >= 11 is 0. The van der Waals surface area contributed by atoms with Crippen LogP contribution in [0.15, 0.2) is 30.3 Å². The summed E-state index contributed by atoms with van der Waals surface area (Å²) in [6, 6.07) is 12.2. The van der Waals surface area contributed by atoms with Gasteiger partial charge < -0.3 is 10.1 Å². The molecule has 1 N–H and O–H groups in total. The summed E-state index contributed by atoms with van der Waals surface area (Å²) in [6.45, 7) is 8.29. The average molecular weight is 289 g/mol. The van der Waals surface area contributed by atoms with Crippen LogP contribution in [0.2, 0.25) is 0 Å². The molecular weight excluding hydrogens is 258 g/mol. The normalized spacial score (nSPS) is 24.2. The van der Waals surface area contributed by atoms with Gasteiger partial charge in [0.1, 0.15) is 0 Å². The monoisotopic (exact) mass is 289 g/mol. The maximum absolute atomic E-state index is 5.63. The third-order valence-electron chi connectivity index (χ3n) is 4.75. The summed E-state index contributed by atoms with van der Waals surface area (Å²) in [5.41, 5.74) is 1.52. The van der Waals surface area contributed by atoms with Crippen molar-refractivity contribution in [2.75, 3.05) is 13.2 Å². The lowest BCUT2D eigenvalue weighted by molar-refractivity contribution is 0.0997. The second kappa shape index (κ2) is 8.55. The van der Waals surface area contributed by atoms with E-state index < -0.39 is 0 Å². The second-order valence-corrected chi connectivity index (χ2v) is 6.64. The Morgan fingerprint density at radius 2 is 1.76 bits per heavy atom. The summed E-state index contributed by atoms with van der Waals surface area (Å²) in [6.07, 6.45) is 5.19.